The highest BCUT2D eigenvalue weighted by Gasteiger charge is 2.17. The number of hydrogen-bond donors (Lipinski definition) is 2. The van der Waals surface area contributed by atoms with Gasteiger partial charge >= 0.3 is 5.69 Å². The second kappa shape index (κ2) is 5.65. The Morgan fingerprint density at radius 3 is 2.78 bits per heavy atom. The molecule has 1 heterocycles. The molecule has 0 amide bonds. The number of phenols is 1. The van der Waals surface area contributed by atoms with Crippen LogP contribution >= 0.6 is 11.6 Å². The Kier molecular flexibility index (Phi) is 3.67. The molecule has 3 rings (SSSR count). The van der Waals surface area contributed by atoms with Crippen molar-refractivity contribution in [1.82, 2.24) is 9.97 Å². The summed E-state index contributed by atoms with van der Waals surface area (Å²) in [5.74, 6) is -0.921. The van der Waals surface area contributed by atoms with Crippen LogP contribution in [-0.4, -0.2) is 20.0 Å². The van der Waals surface area contributed by atoms with Crippen molar-refractivity contribution in [2.75, 3.05) is 5.32 Å². The number of nitrogens with one attached hydrogen (secondary N) is 1. The van der Waals surface area contributed by atoms with Gasteiger partial charge in [-0.05, 0) is 18.2 Å². The number of halogens is 2. The minimum Gasteiger partial charge on any atom is -0.502 e. The zero-order valence-electron chi connectivity index (χ0n) is 11.3. The summed E-state index contributed by atoms with van der Waals surface area (Å²) < 4.78 is 13.8. The Hall–Kier alpha value is -3.00. The first-order valence-electron chi connectivity index (χ1n) is 6.30. The highest BCUT2D eigenvalue weighted by atomic mass is 35.5. The molecule has 0 atom stereocenters. The SMILES string of the molecule is O=[N+]([O-])c1cc2c(Nc3cc(Cl)ccc3F)ncnc2cc1O. The molecule has 7 nitrogen and oxygen atoms in total. The summed E-state index contributed by atoms with van der Waals surface area (Å²) in [4.78, 5) is 18.1. The van der Waals surface area contributed by atoms with Gasteiger partial charge in [-0.3, -0.25) is 10.1 Å². The highest BCUT2D eigenvalue weighted by Crippen LogP contribution is 2.34. The lowest BCUT2D eigenvalue weighted by Crippen LogP contribution is -1.99. The van der Waals surface area contributed by atoms with E-state index in [1.807, 2.05) is 0 Å². The van der Waals surface area contributed by atoms with Crippen molar-refractivity contribution >= 4 is 39.7 Å². The van der Waals surface area contributed by atoms with Crippen molar-refractivity contribution in [3.63, 3.8) is 0 Å². The maximum atomic E-state index is 13.8. The zero-order valence-corrected chi connectivity index (χ0v) is 12.1. The van der Waals surface area contributed by atoms with Crippen LogP contribution in [-0.2, 0) is 0 Å². The van der Waals surface area contributed by atoms with E-state index in [4.69, 9.17) is 11.6 Å². The molecule has 0 unspecified atom stereocenters. The van der Waals surface area contributed by atoms with Gasteiger partial charge in [-0.1, -0.05) is 11.6 Å². The minimum atomic E-state index is -0.731. The number of anilines is 2. The molecule has 0 fully saturated rings. The van der Waals surface area contributed by atoms with E-state index >= 15 is 0 Å². The largest absolute Gasteiger partial charge is 0.502 e. The molecule has 116 valence electrons. The fraction of sp³-hybridized carbons (Fsp3) is 0. The molecule has 0 saturated carbocycles. The highest BCUT2D eigenvalue weighted by molar-refractivity contribution is 6.30. The molecule has 0 spiro atoms. The molecule has 3 aromatic rings. The maximum Gasteiger partial charge on any atom is 0.311 e. The van der Waals surface area contributed by atoms with Gasteiger partial charge in [0.2, 0.25) is 0 Å². The molecule has 2 N–H and O–H groups in total. The number of benzene rings is 2. The molecular formula is C14H8ClFN4O3. The van der Waals surface area contributed by atoms with Crippen LogP contribution in [0.5, 0.6) is 5.75 Å². The van der Waals surface area contributed by atoms with Crippen LogP contribution in [0.4, 0.5) is 21.6 Å². The Bertz CT molecular complexity index is 935. The van der Waals surface area contributed by atoms with Gasteiger partial charge < -0.3 is 10.4 Å². The summed E-state index contributed by atoms with van der Waals surface area (Å²) in [6.45, 7) is 0. The first-order chi connectivity index (χ1) is 11.0. The normalized spacial score (nSPS) is 10.7. The first kappa shape index (κ1) is 14.9. The Labute approximate surface area is 133 Å². The molecule has 0 aliphatic heterocycles. The third kappa shape index (κ3) is 2.84. The predicted octanol–water partition coefficient (Wildman–Crippen LogP) is 3.78. The summed E-state index contributed by atoms with van der Waals surface area (Å²) in [5, 5.41) is 23.9. The van der Waals surface area contributed by atoms with E-state index in [9.17, 15) is 19.6 Å². The van der Waals surface area contributed by atoms with Crippen LogP contribution in [0.3, 0.4) is 0 Å². The lowest BCUT2D eigenvalue weighted by Gasteiger charge is -2.09. The number of nitrogens with zero attached hydrogens (tertiary/aromatic N) is 3. The fourth-order valence-corrected chi connectivity index (χ4v) is 2.22. The average Bonchev–Trinajstić information content (AvgIpc) is 2.50. The number of hydrogen-bond acceptors (Lipinski definition) is 6. The van der Waals surface area contributed by atoms with Gasteiger partial charge in [0.25, 0.3) is 0 Å². The summed E-state index contributed by atoms with van der Waals surface area (Å²) in [7, 11) is 0. The second-order valence-electron chi connectivity index (χ2n) is 4.59. The minimum absolute atomic E-state index is 0.0632. The number of rotatable bonds is 3. The standard InChI is InChI=1S/C14H8ClFN4O3/c15-7-1-2-9(16)11(3-7)19-14-8-4-12(20(22)23)13(21)5-10(8)17-6-18-14/h1-6,21H,(H,17,18,19). The zero-order chi connectivity index (χ0) is 16.6. The molecule has 9 heteroatoms. The van der Waals surface area contributed by atoms with Crippen molar-refractivity contribution < 1.29 is 14.4 Å². The topological polar surface area (TPSA) is 101 Å². The molecule has 23 heavy (non-hydrogen) atoms. The van der Waals surface area contributed by atoms with Gasteiger partial charge in [0.05, 0.1) is 21.5 Å². The third-order valence-electron chi connectivity index (χ3n) is 3.11. The number of fused-ring (bicyclic) bond motifs is 1. The van der Waals surface area contributed by atoms with E-state index in [0.29, 0.717) is 5.02 Å². The molecule has 2 aromatic carbocycles. The molecule has 0 aliphatic rings. The van der Waals surface area contributed by atoms with E-state index in [2.05, 4.69) is 15.3 Å². The summed E-state index contributed by atoms with van der Waals surface area (Å²) in [5.41, 5.74) is -0.164. The number of aromatic nitrogens is 2. The predicted molar refractivity (Wildman–Crippen MR) is 82.5 cm³/mol. The van der Waals surface area contributed by atoms with Gasteiger partial charge in [0.15, 0.2) is 5.75 Å². The first-order valence-corrected chi connectivity index (χ1v) is 6.67. The van der Waals surface area contributed by atoms with Crippen LogP contribution in [0.2, 0.25) is 5.02 Å². The molecule has 0 bridgehead atoms. The van der Waals surface area contributed by atoms with Gasteiger partial charge in [0, 0.05) is 17.2 Å². The van der Waals surface area contributed by atoms with Gasteiger partial charge in [0.1, 0.15) is 18.0 Å². The lowest BCUT2D eigenvalue weighted by molar-refractivity contribution is -0.385. The van der Waals surface area contributed by atoms with E-state index < -0.39 is 22.2 Å². The van der Waals surface area contributed by atoms with E-state index in [1.165, 1.54) is 24.5 Å². The van der Waals surface area contributed by atoms with Crippen LogP contribution in [0.15, 0.2) is 36.7 Å². The number of nitro benzene ring substituents is 1. The van der Waals surface area contributed by atoms with Gasteiger partial charge in [-0.25, -0.2) is 14.4 Å². The van der Waals surface area contributed by atoms with Gasteiger partial charge in [-0.15, -0.1) is 0 Å². The van der Waals surface area contributed by atoms with E-state index in [0.717, 1.165) is 12.1 Å². The molecule has 0 radical (unpaired) electrons. The summed E-state index contributed by atoms with van der Waals surface area (Å²) in [6.07, 6.45) is 1.19. The Morgan fingerprint density at radius 2 is 2.04 bits per heavy atom. The van der Waals surface area contributed by atoms with Crippen molar-refractivity contribution in [2.45, 2.75) is 0 Å². The number of aromatic hydroxyl groups is 1. The number of phenolic OH excluding ortho intramolecular Hbond substituents is 1. The van der Waals surface area contributed by atoms with Crippen molar-refractivity contribution in [1.29, 1.82) is 0 Å². The third-order valence-corrected chi connectivity index (χ3v) is 3.34. The number of nitro groups is 1. The lowest BCUT2D eigenvalue weighted by atomic mass is 10.2. The fourth-order valence-electron chi connectivity index (χ4n) is 2.05. The summed E-state index contributed by atoms with van der Waals surface area (Å²) in [6, 6.07) is 6.20. The van der Waals surface area contributed by atoms with Gasteiger partial charge in [-0.2, -0.15) is 0 Å². The Balaban J connectivity index is 2.15. The van der Waals surface area contributed by atoms with Crippen LogP contribution in [0.1, 0.15) is 0 Å². The average molecular weight is 335 g/mol. The quantitative estimate of drug-likeness (QED) is 0.558. The van der Waals surface area contributed by atoms with Crippen LogP contribution in [0, 0.1) is 15.9 Å². The molecule has 1 aromatic heterocycles. The Morgan fingerprint density at radius 1 is 1.26 bits per heavy atom. The van der Waals surface area contributed by atoms with E-state index in [1.54, 1.807) is 0 Å². The summed E-state index contributed by atoms with van der Waals surface area (Å²) >= 11 is 5.83. The van der Waals surface area contributed by atoms with Crippen molar-refractivity contribution in [3.05, 3.63) is 57.6 Å². The maximum absolute atomic E-state index is 13.8. The van der Waals surface area contributed by atoms with Crippen molar-refractivity contribution in [3.8, 4) is 5.75 Å². The monoisotopic (exact) mass is 334 g/mol. The molecule has 0 aliphatic carbocycles. The molecular weight excluding hydrogens is 327 g/mol. The van der Waals surface area contributed by atoms with E-state index in [-0.39, 0.29) is 22.4 Å². The molecule has 0 saturated heterocycles. The second-order valence-corrected chi connectivity index (χ2v) is 5.02. The smallest absolute Gasteiger partial charge is 0.311 e. The van der Waals surface area contributed by atoms with Crippen LogP contribution in [0.25, 0.3) is 10.9 Å². The van der Waals surface area contributed by atoms with Crippen molar-refractivity contribution in [2.24, 2.45) is 0 Å². The van der Waals surface area contributed by atoms with Crippen LogP contribution < -0.4 is 5.32 Å².